The number of rotatable bonds is 9. The number of hydrogen-bond donors (Lipinski definition) is 0. The van der Waals surface area contributed by atoms with Gasteiger partial charge in [-0.3, -0.25) is 0 Å². The van der Waals surface area contributed by atoms with Crippen molar-refractivity contribution in [2.75, 3.05) is 20.6 Å². The van der Waals surface area contributed by atoms with Crippen LogP contribution in [0.25, 0.3) is 0 Å². The Morgan fingerprint density at radius 1 is 1.05 bits per heavy atom. The summed E-state index contributed by atoms with van der Waals surface area (Å²) in [5, 5.41) is 0. The molecule has 0 unspecified atom stereocenters. The van der Waals surface area contributed by atoms with Crippen LogP contribution in [0.15, 0.2) is 12.7 Å². The van der Waals surface area contributed by atoms with E-state index in [0.29, 0.717) is 0 Å². The van der Waals surface area contributed by atoms with Crippen molar-refractivity contribution in [3.8, 4) is 0 Å². The summed E-state index contributed by atoms with van der Waals surface area (Å²) in [6.07, 6.45) is 10.8. The van der Waals surface area contributed by atoms with Crippen molar-refractivity contribution in [1.82, 2.24) is 4.90 Å². The van der Waals surface area contributed by atoms with Gasteiger partial charge in [-0.1, -0.05) is 60.0 Å². The first-order valence-electron chi connectivity index (χ1n) is 8.52. The van der Waals surface area contributed by atoms with Gasteiger partial charge in [-0.2, -0.15) is 0 Å². The molecule has 0 aromatic heterocycles. The maximum absolute atomic E-state index is 9.50. The van der Waals surface area contributed by atoms with E-state index in [2.05, 4.69) is 46.3 Å². The minimum absolute atomic E-state index is 0.204. The molecule has 0 fully saturated rings. The highest BCUT2D eigenvalue weighted by atomic mass is 16.1. The van der Waals surface area contributed by atoms with Gasteiger partial charge < -0.3 is 9.69 Å². The Labute approximate surface area is 135 Å². The van der Waals surface area contributed by atoms with Crippen LogP contribution in [-0.2, 0) is 4.79 Å². The summed E-state index contributed by atoms with van der Waals surface area (Å²) < 4.78 is 0. The van der Waals surface area contributed by atoms with Gasteiger partial charge in [0.05, 0.1) is 0 Å². The molecule has 0 aromatic rings. The summed E-state index contributed by atoms with van der Waals surface area (Å²) in [4.78, 5) is 11.7. The fourth-order valence-electron chi connectivity index (χ4n) is 1.23. The normalized spacial score (nSPS) is 9.81. The highest BCUT2D eigenvalue weighted by Crippen LogP contribution is 2.01. The Morgan fingerprint density at radius 3 is 1.81 bits per heavy atom. The molecule has 0 radical (unpaired) electrons. The maximum Gasteiger partial charge on any atom is 0.122 e. The molecular weight excluding hydrogens is 258 g/mol. The van der Waals surface area contributed by atoms with Crippen molar-refractivity contribution >= 4 is 6.29 Å². The van der Waals surface area contributed by atoms with Gasteiger partial charge in [-0.05, 0) is 45.8 Å². The van der Waals surface area contributed by atoms with Gasteiger partial charge in [0.15, 0.2) is 0 Å². The Hall–Kier alpha value is -0.630. The second-order valence-corrected chi connectivity index (χ2v) is 6.50. The van der Waals surface area contributed by atoms with E-state index in [1.807, 2.05) is 19.9 Å². The topological polar surface area (TPSA) is 20.3 Å². The molecule has 0 bridgehead atoms. The Kier molecular flexibility index (Phi) is 26.1. The van der Waals surface area contributed by atoms with Crippen LogP contribution in [0.2, 0.25) is 0 Å². The number of nitrogens with zero attached hydrogens (tertiary/aromatic N) is 1. The predicted octanol–water partition coefficient (Wildman–Crippen LogP) is 5.58. The van der Waals surface area contributed by atoms with Gasteiger partial charge in [-0.25, -0.2) is 0 Å². The first kappa shape index (κ1) is 25.3. The van der Waals surface area contributed by atoms with Crippen molar-refractivity contribution in [1.29, 1.82) is 0 Å². The summed E-state index contributed by atoms with van der Waals surface area (Å²) in [7, 11) is 4.23. The lowest BCUT2D eigenvalue weighted by atomic mass is 10.1. The fourth-order valence-corrected chi connectivity index (χ4v) is 1.23. The van der Waals surface area contributed by atoms with Crippen LogP contribution in [0.1, 0.15) is 73.1 Å². The predicted molar refractivity (Wildman–Crippen MR) is 97.9 cm³/mol. The van der Waals surface area contributed by atoms with E-state index in [1.54, 1.807) is 0 Å². The van der Waals surface area contributed by atoms with Gasteiger partial charge in [0, 0.05) is 5.92 Å². The van der Waals surface area contributed by atoms with E-state index in [1.165, 1.54) is 45.1 Å². The van der Waals surface area contributed by atoms with Gasteiger partial charge in [0.25, 0.3) is 0 Å². The smallest absolute Gasteiger partial charge is 0.122 e. The van der Waals surface area contributed by atoms with E-state index >= 15 is 0 Å². The molecule has 0 spiro atoms. The van der Waals surface area contributed by atoms with Gasteiger partial charge >= 0.3 is 0 Å². The summed E-state index contributed by atoms with van der Waals surface area (Å²) in [6, 6.07) is 0. The molecular formula is C19H41NO. The average Bonchev–Trinajstić information content (AvgIpc) is 2.43. The summed E-state index contributed by atoms with van der Waals surface area (Å²) in [6.45, 7) is 15.3. The lowest BCUT2D eigenvalue weighted by Crippen LogP contribution is -2.14. The van der Waals surface area contributed by atoms with E-state index in [9.17, 15) is 4.79 Å². The number of unbranched alkanes of at least 4 members (excludes halogenated alkanes) is 4. The quantitative estimate of drug-likeness (QED) is 0.315. The lowest BCUT2D eigenvalue weighted by Gasteiger charge is -2.10. The molecule has 0 amide bonds. The highest BCUT2D eigenvalue weighted by Gasteiger charge is 1.93. The number of allylic oxidation sites excluding steroid dienone is 1. The maximum atomic E-state index is 9.50. The minimum Gasteiger partial charge on any atom is -0.309 e. The van der Waals surface area contributed by atoms with Gasteiger partial charge in [-0.15, -0.1) is 6.58 Å². The van der Waals surface area contributed by atoms with Crippen LogP contribution in [-0.4, -0.2) is 31.8 Å². The SMILES string of the molecule is C=CCCCCCC.CC(C)C=O.CC(C)CCN(C)C. The lowest BCUT2D eigenvalue weighted by molar-refractivity contribution is -0.110. The number of carbonyl (C=O) groups is 1. The molecule has 0 heterocycles. The standard InChI is InChI=1S/C8H16.C7H17N.C4H8O/c1-3-5-7-8-6-4-2;1-7(2)5-6-8(3)4;1-4(2)3-5/h3H,1,4-8H2,2H3;7H,5-6H2,1-4H3;3-4H,1-2H3. The molecule has 0 aromatic carbocycles. The molecule has 0 saturated carbocycles. The zero-order valence-electron chi connectivity index (χ0n) is 15.8. The summed E-state index contributed by atoms with van der Waals surface area (Å²) >= 11 is 0. The number of hydrogen-bond acceptors (Lipinski definition) is 2. The molecule has 0 aliphatic rings. The van der Waals surface area contributed by atoms with Gasteiger partial charge in [0.1, 0.15) is 6.29 Å². The molecule has 0 N–H and O–H groups in total. The molecule has 21 heavy (non-hydrogen) atoms. The molecule has 0 saturated heterocycles. The van der Waals surface area contributed by atoms with Gasteiger partial charge in [0.2, 0.25) is 0 Å². The Bertz CT molecular complexity index is 190. The number of aldehydes is 1. The zero-order chi connectivity index (χ0) is 17.1. The second-order valence-electron chi connectivity index (χ2n) is 6.50. The monoisotopic (exact) mass is 299 g/mol. The van der Waals surface area contributed by atoms with E-state index in [0.717, 1.165) is 12.2 Å². The second kappa shape index (κ2) is 21.7. The van der Waals surface area contributed by atoms with Crippen molar-refractivity contribution < 1.29 is 4.79 Å². The van der Waals surface area contributed by atoms with Crippen molar-refractivity contribution in [2.45, 2.75) is 73.1 Å². The van der Waals surface area contributed by atoms with Crippen molar-refractivity contribution in [3.05, 3.63) is 12.7 Å². The number of carbonyl (C=O) groups excluding carboxylic acids is 1. The molecule has 0 aliphatic heterocycles. The van der Waals surface area contributed by atoms with Crippen LogP contribution in [0.3, 0.4) is 0 Å². The Morgan fingerprint density at radius 2 is 1.57 bits per heavy atom. The van der Waals surface area contributed by atoms with Crippen LogP contribution in [0.5, 0.6) is 0 Å². The Balaban J connectivity index is -0.000000239. The third-order valence-electron chi connectivity index (χ3n) is 2.69. The highest BCUT2D eigenvalue weighted by molar-refractivity contribution is 5.51. The third kappa shape index (κ3) is 45.2. The molecule has 2 nitrogen and oxygen atoms in total. The van der Waals surface area contributed by atoms with Crippen LogP contribution in [0.4, 0.5) is 0 Å². The molecule has 0 rings (SSSR count). The average molecular weight is 300 g/mol. The first-order valence-corrected chi connectivity index (χ1v) is 8.52. The van der Waals surface area contributed by atoms with Crippen LogP contribution in [0, 0.1) is 11.8 Å². The van der Waals surface area contributed by atoms with Crippen molar-refractivity contribution in [3.63, 3.8) is 0 Å². The molecule has 128 valence electrons. The first-order chi connectivity index (χ1) is 9.81. The van der Waals surface area contributed by atoms with E-state index < -0.39 is 0 Å². The van der Waals surface area contributed by atoms with Crippen LogP contribution >= 0.6 is 0 Å². The van der Waals surface area contributed by atoms with E-state index in [-0.39, 0.29) is 5.92 Å². The largest absolute Gasteiger partial charge is 0.309 e. The van der Waals surface area contributed by atoms with E-state index in [4.69, 9.17) is 0 Å². The molecule has 0 aliphatic carbocycles. The fraction of sp³-hybridized carbons (Fsp3) is 0.842. The molecule has 0 atom stereocenters. The minimum atomic E-state index is 0.204. The third-order valence-corrected chi connectivity index (χ3v) is 2.69. The molecule has 2 heteroatoms. The zero-order valence-corrected chi connectivity index (χ0v) is 15.8. The summed E-state index contributed by atoms with van der Waals surface area (Å²) in [5.74, 6) is 1.05. The van der Waals surface area contributed by atoms with Crippen LogP contribution < -0.4 is 0 Å². The van der Waals surface area contributed by atoms with Crippen molar-refractivity contribution in [2.24, 2.45) is 11.8 Å². The summed E-state index contributed by atoms with van der Waals surface area (Å²) in [5.41, 5.74) is 0.